The molecule has 4 rings (SSSR count). The molecule has 154 valence electrons. The first kappa shape index (κ1) is 19.7. The van der Waals surface area contributed by atoms with Gasteiger partial charge in [-0.15, -0.1) is 0 Å². The highest BCUT2D eigenvalue weighted by atomic mass is 19.1. The van der Waals surface area contributed by atoms with Gasteiger partial charge in [0, 0.05) is 17.5 Å². The molecule has 0 amide bonds. The van der Waals surface area contributed by atoms with Crippen molar-refractivity contribution in [2.75, 3.05) is 0 Å². The monoisotopic (exact) mass is 413 g/mol. The largest absolute Gasteiger partial charge is 0.450 e. The highest BCUT2D eigenvalue weighted by molar-refractivity contribution is 6.03. The van der Waals surface area contributed by atoms with E-state index in [-0.39, 0.29) is 24.0 Å². The van der Waals surface area contributed by atoms with E-state index < -0.39 is 24.0 Å². The van der Waals surface area contributed by atoms with Gasteiger partial charge in [0.05, 0.1) is 5.71 Å². The van der Waals surface area contributed by atoms with Crippen LogP contribution in [0.1, 0.15) is 36.5 Å². The Morgan fingerprint density at radius 3 is 2.80 bits per heavy atom. The van der Waals surface area contributed by atoms with E-state index in [0.717, 1.165) is 0 Å². The average Bonchev–Trinajstić information content (AvgIpc) is 3.40. The fourth-order valence-corrected chi connectivity index (χ4v) is 2.89. The number of ether oxygens (including phenoxy) is 1. The minimum absolute atomic E-state index is 0.0589. The second-order valence-corrected chi connectivity index (χ2v) is 6.85. The van der Waals surface area contributed by atoms with Crippen molar-refractivity contribution in [1.29, 1.82) is 0 Å². The first-order chi connectivity index (χ1) is 14.4. The first-order valence-electron chi connectivity index (χ1n) is 9.20. The van der Waals surface area contributed by atoms with Crippen molar-refractivity contribution < 1.29 is 27.7 Å². The van der Waals surface area contributed by atoms with Gasteiger partial charge in [-0.1, -0.05) is 34.6 Å². The molecule has 0 aliphatic carbocycles. The summed E-state index contributed by atoms with van der Waals surface area (Å²) in [6.45, 7) is 3.21. The highest BCUT2D eigenvalue weighted by Gasteiger charge is 2.32. The lowest BCUT2D eigenvalue weighted by Gasteiger charge is -2.12. The summed E-state index contributed by atoms with van der Waals surface area (Å²) in [6, 6.07) is 10.4. The van der Waals surface area contributed by atoms with Crippen LogP contribution < -0.4 is 0 Å². The third kappa shape index (κ3) is 4.05. The van der Waals surface area contributed by atoms with E-state index >= 15 is 0 Å². The van der Waals surface area contributed by atoms with Gasteiger partial charge in [-0.3, -0.25) is 0 Å². The van der Waals surface area contributed by atoms with Crippen LogP contribution in [0.2, 0.25) is 0 Å². The smallest absolute Gasteiger partial charge is 0.351 e. The maximum atomic E-state index is 13.8. The van der Waals surface area contributed by atoms with Gasteiger partial charge in [0.15, 0.2) is 6.10 Å². The number of hydrogen-bond acceptors (Lipinski definition) is 7. The van der Waals surface area contributed by atoms with Crippen molar-refractivity contribution in [2.45, 2.75) is 32.5 Å². The number of carbonyl (C=O) groups excluding carboxylic acids is 1. The van der Waals surface area contributed by atoms with Crippen LogP contribution in [0.3, 0.4) is 0 Å². The molecule has 2 aromatic carbocycles. The summed E-state index contributed by atoms with van der Waals surface area (Å²) in [7, 11) is 0. The average molecular weight is 413 g/mol. The summed E-state index contributed by atoms with van der Waals surface area (Å²) in [5, 5.41) is 7.66. The first-order valence-corrected chi connectivity index (χ1v) is 9.20. The van der Waals surface area contributed by atoms with Gasteiger partial charge >= 0.3 is 5.97 Å². The van der Waals surface area contributed by atoms with Crippen LogP contribution in [0.5, 0.6) is 0 Å². The molecule has 2 unspecified atom stereocenters. The Morgan fingerprint density at radius 2 is 2.03 bits per heavy atom. The molecule has 7 nitrogen and oxygen atoms in total. The summed E-state index contributed by atoms with van der Waals surface area (Å²) in [5.74, 6) is -1.22. The summed E-state index contributed by atoms with van der Waals surface area (Å²) in [5.41, 5.74) is 1.93. The maximum absolute atomic E-state index is 13.8. The molecule has 0 bridgehead atoms. The molecule has 3 aromatic rings. The van der Waals surface area contributed by atoms with Gasteiger partial charge in [-0.2, -0.15) is 4.98 Å². The number of carbonyl (C=O) groups is 1. The molecular formula is C21H17F2N3O4. The molecule has 0 N–H and O–H groups in total. The Kier molecular flexibility index (Phi) is 5.26. The number of hydrogen-bond donors (Lipinski definition) is 0. The Balaban J connectivity index is 1.39. The van der Waals surface area contributed by atoms with E-state index in [9.17, 15) is 13.6 Å². The van der Waals surface area contributed by atoms with Crippen LogP contribution in [0.15, 0.2) is 52.1 Å². The van der Waals surface area contributed by atoms with E-state index in [1.54, 1.807) is 38.1 Å². The lowest BCUT2D eigenvalue weighted by atomic mass is 10.1. The molecule has 0 fully saturated rings. The zero-order valence-electron chi connectivity index (χ0n) is 16.1. The second-order valence-electron chi connectivity index (χ2n) is 6.85. The van der Waals surface area contributed by atoms with E-state index in [4.69, 9.17) is 14.1 Å². The van der Waals surface area contributed by atoms with Gasteiger partial charge < -0.3 is 14.1 Å². The molecule has 0 radical (unpaired) electrons. The number of esters is 1. The van der Waals surface area contributed by atoms with Crippen LogP contribution in [0.25, 0.3) is 11.4 Å². The molecule has 1 aliphatic heterocycles. The van der Waals surface area contributed by atoms with E-state index in [1.807, 2.05) is 0 Å². The van der Waals surface area contributed by atoms with Crippen molar-refractivity contribution in [3.05, 3.63) is 71.1 Å². The molecule has 0 saturated carbocycles. The number of aryl methyl sites for hydroxylation is 1. The van der Waals surface area contributed by atoms with Gasteiger partial charge in [0.1, 0.15) is 11.6 Å². The molecule has 0 spiro atoms. The third-order valence-electron chi connectivity index (χ3n) is 4.60. The second kappa shape index (κ2) is 8.02. The highest BCUT2D eigenvalue weighted by Crippen LogP contribution is 2.24. The van der Waals surface area contributed by atoms with Crippen LogP contribution in [0.4, 0.5) is 8.78 Å². The summed E-state index contributed by atoms with van der Waals surface area (Å²) < 4.78 is 37.6. The third-order valence-corrected chi connectivity index (χ3v) is 4.60. The summed E-state index contributed by atoms with van der Waals surface area (Å²) in [6.07, 6.45) is -1.66. The van der Waals surface area contributed by atoms with Gasteiger partial charge in [0.25, 0.3) is 5.89 Å². The molecule has 2 heterocycles. The number of rotatable bonds is 5. The predicted octanol–water partition coefficient (Wildman–Crippen LogP) is 4.12. The number of aromatic nitrogens is 2. The molecule has 0 saturated heterocycles. The SMILES string of the molecule is Cc1ccc(-c2noc(C(C)OC(=O)C3CC(c4cccc(F)c4)=NO3)n2)cc1F. The Labute approximate surface area is 170 Å². The zero-order chi connectivity index (χ0) is 21.3. The number of halogens is 2. The number of nitrogens with zero attached hydrogens (tertiary/aromatic N) is 3. The van der Waals surface area contributed by atoms with Gasteiger partial charge in [-0.05, 0) is 37.6 Å². The molecular weight excluding hydrogens is 396 g/mol. The van der Waals surface area contributed by atoms with Crippen molar-refractivity contribution >= 4 is 11.7 Å². The van der Waals surface area contributed by atoms with E-state index in [0.29, 0.717) is 22.4 Å². The van der Waals surface area contributed by atoms with Crippen molar-refractivity contribution in [1.82, 2.24) is 10.1 Å². The molecule has 2 atom stereocenters. The van der Waals surface area contributed by atoms with Gasteiger partial charge in [0.2, 0.25) is 11.9 Å². The quantitative estimate of drug-likeness (QED) is 0.585. The van der Waals surface area contributed by atoms with Crippen LogP contribution >= 0.6 is 0 Å². The molecule has 1 aromatic heterocycles. The van der Waals surface area contributed by atoms with Crippen molar-refractivity contribution in [2.24, 2.45) is 5.16 Å². The number of oxime groups is 1. The zero-order valence-corrected chi connectivity index (χ0v) is 16.1. The summed E-state index contributed by atoms with van der Waals surface area (Å²) in [4.78, 5) is 21.7. The van der Waals surface area contributed by atoms with Crippen molar-refractivity contribution in [3.8, 4) is 11.4 Å². The van der Waals surface area contributed by atoms with Crippen molar-refractivity contribution in [3.63, 3.8) is 0 Å². The lowest BCUT2D eigenvalue weighted by molar-refractivity contribution is -0.161. The molecule has 30 heavy (non-hydrogen) atoms. The Hall–Kier alpha value is -3.62. The lowest BCUT2D eigenvalue weighted by Crippen LogP contribution is -2.25. The predicted molar refractivity (Wildman–Crippen MR) is 101 cm³/mol. The van der Waals surface area contributed by atoms with Crippen LogP contribution in [-0.4, -0.2) is 27.9 Å². The van der Waals surface area contributed by atoms with Crippen LogP contribution in [0, 0.1) is 18.6 Å². The minimum atomic E-state index is -0.959. The maximum Gasteiger partial charge on any atom is 0.351 e. The Morgan fingerprint density at radius 1 is 1.20 bits per heavy atom. The van der Waals surface area contributed by atoms with Gasteiger partial charge in [-0.25, -0.2) is 13.6 Å². The Bertz CT molecular complexity index is 1130. The normalized spacial score (nSPS) is 16.7. The fourth-order valence-electron chi connectivity index (χ4n) is 2.89. The topological polar surface area (TPSA) is 86.8 Å². The number of benzene rings is 2. The standard InChI is InChI=1S/C21H17F2N3O4/c1-11-6-7-14(9-16(11)23)19-24-20(30-26-19)12(2)28-21(27)18-10-17(25-29-18)13-4-3-5-15(22)8-13/h3-9,12,18H,10H2,1-2H3. The van der Waals surface area contributed by atoms with E-state index in [2.05, 4.69) is 15.3 Å². The molecule has 1 aliphatic rings. The molecule has 9 heteroatoms. The summed E-state index contributed by atoms with van der Waals surface area (Å²) >= 11 is 0. The fraction of sp³-hybridized carbons (Fsp3) is 0.238. The minimum Gasteiger partial charge on any atom is -0.450 e. The van der Waals surface area contributed by atoms with E-state index in [1.165, 1.54) is 18.2 Å². The van der Waals surface area contributed by atoms with Crippen LogP contribution in [-0.2, 0) is 14.4 Å².